The van der Waals surface area contributed by atoms with Crippen molar-refractivity contribution in [2.24, 2.45) is 0 Å². The number of hydrogen-bond acceptors (Lipinski definition) is 3. The van der Waals surface area contributed by atoms with Crippen LogP contribution in [0.2, 0.25) is 0 Å². The van der Waals surface area contributed by atoms with Crippen LogP contribution in [0, 0.1) is 0 Å². The molecule has 6 heteroatoms. The van der Waals surface area contributed by atoms with E-state index in [1.165, 1.54) is 0 Å². The molecule has 1 aliphatic heterocycles. The van der Waals surface area contributed by atoms with Crippen LogP contribution in [0.1, 0.15) is 32.6 Å². The number of alkyl halides is 1. The first kappa shape index (κ1) is 14.2. The van der Waals surface area contributed by atoms with Crippen LogP contribution < -0.4 is 4.72 Å². The third kappa shape index (κ3) is 4.20. The van der Waals surface area contributed by atoms with Gasteiger partial charge in [0.25, 0.3) is 0 Å². The standard InChI is InChI=1S/C10H20ClNO3S/c1-2-3-8-16(13,14)12-10(9-11)4-6-15-7-5-10/h12H,2-9H2,1H3. The molecular formula is C10H20ClNO3S. The van der Waals surface area contributed by atoms with Crippen molar-refractivity contribution in [1.29, 1.82) is 0 Å². The van der Waals surface area contributed by atoms with E-state index in [0.717, 1.165) is 6.42 Å². The Bertz CT molecular complexity index is 299. The molecule has 0 unspecified atom stereocenters. The Hall–Kier alpha value is 0.160. The Balaban J connectivity index is 2.61. The van der Waals surface area contributed by atoms with Gasteiger partial charge in [-0.2, -0.15) is 0 Å². The van der Waals surface area contributed by atoms with E-state index in [0.29, 0.717) is 38.4 Å². The van der Waals surface area contributed by atoms with Crippen molar-refractivity contribution in [3.8, 4) is 0 Å². The molecule has 1 aliphatic rings. The molecule has 0 aromatic carbocycles. The van der Waals surface area contributed by atoms with Gasteiger partial charge in [-0.05, 0) is 19.3 Å². The van der Waals surface area contributed by atoms with Crippen molar-refractivity contribution in [1.82, 2.24) is 4.72 Å². The smallest absolute Gasteiger partial charge is 0.212 e. The van der Waals surface area contributed by atoms with E-state index in [-0.39, 0.29) is 5.75 Å². The predicted molar refractivity (Wildman–Crippen MR) is 65.3 cm³/mol. The summed E-state index contributed by atoms with van der Waals surface area (Å²) >= 11 is 5.89. The van der Waals surface area contributed by atoms with E-state index in [1.807, 2.05) is 6.92 Å². The van der Waals surface area contributed by atoms with Crippen LogP contribution in [0.15, 0.2) is 0 Å². The molecule has 1 rings (SSSR count). The van der Waals surface area contributed by atoms with Crippen LogP contribution in [0.3, 0.4) is 0 Å². The molecule has 4 nitrogen and oxygen atoms in total. The SMILES string of the molecule is CCCCS(=O)(=O)NC1(CCl)CCOCC1. The summed E-state index contributed by atoms with van der Waals surface area (Å²) in [6, 6.07) is 0. The first-order valence-electron chi connectivity index (χ1n) is 5.69. The van der Waals surface area contributed by atoms with Gasteiger partial charge in [0.1, 0.15) is 0 Å². The Morgan fingerprint density at radius 2 is 2.00 bits per heavy atom. The average Bonchev–Trinajstić information content (AvgIpc) is 2.27. The molecule has 0 atom stereocenters. The molecule has 1 saturated heterocycles. The van der Waals surface area contributed by atoms with Gasteiger partial charge in [-0.25, -0.2) is 13.1 Å². The van der Waals surface area contributed by atoms with Crippen molar-refractivity contribution >= 4 is 21.6 Å². The highest BCUT2D eigenvalue weighted by Gasteiger charge is 2.35. The molecule has 0 aliphatic carbocycles. The van der Waals surface area contributed by atoms with Gasteiger partial charge in [0.2, 0.25) is 10.0 Å². The summed E-state index contributed by atoms with van der Waals surface area (Å²) in [5.41, 5.74) is -0.494. The van der Waals surface area contributed by atoms with E-state index in [9.17, 15) is 8.42 Å². The summed E-state index contributed by atoms with van der Waals surface area (Å²) in [4.78, 5) is 0. The molecular weight excluding hydrogens is 250 g/mol. The number of unbranched alkanes of at least 4 members (excludes halogenated alkanes) is 1. The highest BCUT2D eigenvalue weighted by atomic mass is 35.5. The van der Waals surface area contributed by atoms with Gasteiger partial charge in [0, 0.05) is 19.1 Å². The minimum Gasteiger partial charge on any atom is -0.381 e. The van der Waals surface area contributed by atoms with Crippen molar-refractivity contribution < 1.29 is 13.2 Å². The summed E-state index contributed by atoms with van der Waals surface area (Å²) in [7, 11) is -3.20. The summed E-state index contributed by atoms with van der Waals surface area (Å²) < 4.78 is 31.6. The molecule has 0 amide bonds. The van der Waals surface area contributed by atoms with Crippen LogP contribution in [0.25, 0.3) is 0 Å². The molecule has 1 N–H and O–H groups in total. The second-order valence-corrected chi connectivity index (χ2v) is 6.41. The molecule has 0 spiro atoms. The Morgan fingerprint density at radius 3 is 2.50 bits per heavy atom. The monoisotopic (exact) mass is 269 g/mol. The minimum atomic E-state index is -3.20. The second kappa shape index (κ2) is 6.19. The zero-order valence-corrected chi connectivity index (χ0v) is 11.2. The fraction of sp³-hybridized carbons (Fsp3) is 1.00. The van der Waals surface area contributed by atoms with E-state index in [2.05, 4.69) is 4.72 Å². The maximum atomic E-state index is 11.8. The molecule has 16 heavy (non-hydrogen) atoms. The maximum Gasteiger partial charge on any atom is 0.212 e. The first-order valence-corrected chi connectivity index (χ1v) is 7.88. The molecule has 0 saturated carbocycles. The zero-order valence-electron chi connectivity index (χ0n) is 9.67. The summed E-state index contributed by atoms with van der Waals surface area (Å²) in [6.45, 7) is 3.12. The van der Waals surface area contributed by atoms with Crippen molar-refractivity contribution in [3.63, 3.8) is 0 Å². The second-order valence-electron chi connectivity index (χ2n) is 4.30. The Kier molecular flexibility index (Phi) is 5.50. The molecule has 1 fully saturated rings. The third-order valence-electron chi connectivity index (χ3n) is 2.84. The van der Waals surface area contributed by atoms with Crippen molar-refractivity contribution in [2.45, 2.75) is 38.1 Å². The van der Waals surface area contributed by atoms with Gasteiger partial charge in [-0.1, -0.05) is 13.3 Å². The molecule has 0 radical (unpaired) electrons. The fourth-order valence-electron chi connectivity index (χ4n) is 1.74. The third-order valence-corrected chi connectivity index (χ3v) is 4.93. The lowest BCUT2D eigenvalue weighted by atomic mass is 9.94. The van der Waals surface area contributed by atoms with Crippen LogP contribution in [-0.4, -0.2) is 38.8 Å². The largest absolute Gasteiger partial charge is 0.381 e. The average molecular weight is 270 g/mol. The molecule has 96 valence electrons. The van der Waals surface area contributed by atoms with Crippen LogP contribution >= 0.6 is 11.6 Å². The lowest BCUT2D eigenvalue weighted by molar-refractivity contribution is 0.0549. The van der Waals surface area contributed by atoms with Gasteiger partial charge < -0.3 is 4.74 Å². The highest BCUT2D eigenvalue weighted by molar-refractivity contribution is 7.89. The van der Waals surface area contributed by atoms with Crippen LogP contribution in [0.5, 0.6) is 0 Å². The van der Waals surface area contributed by atoms with Crippen molar-refractivity contribution in [3.05, 3.63) is 0 Å². The zero-order chi connectivity index (χ0) is 12.1. The highest BCUT2D eigenvalue weighted by Crippen LogP contribution is 2.23. The lowest BCUT2D eigenvalue weighted by Crippen LogP contribution is -2.53. The van der Waals surface area contributed by atoms with Crippen LogP contribution in [0.4, 0.5) is 0 Å². The maximum absolute atomic E-state index is 11.8. The number of hydrogen-bond donors (Lipinski definition) is 1. The van der Waals surface area contributed by atoms with Crippen LogP contribution in [-0.2, 0) is 14.8 Å². The van der Waals surface area contributed by atoms with Crippen molar-refractivity contribution in [2.75, 3.05) is 24.8 Å². The fourth-order valence-corrected chi connectivity index (χ4v) is 3.86. The minimum absolute atomic E-state index is 0.184. The molecule has 0 aromatic heterocycles. The van der Waals surface area contributed by atoms with Gasteiger partial charge in [0.05, 0.1) is 11.3 Å². The quantitative estimate of drug-likeness (QED) is 0.744. The topological polar surface area (TPSA) is 55.4 Å². The number of halogens is 1. The van der Waals surface area contributed by atoms with Gasteiger partial charge in [0.15, 0.2) is 0 Å². The number of sulfonamides is 1. The first-order chi connectivity index (χ1) is 7.54. The molecule has 1 heterocycles. The van der Waals surface area contributed by atoms with E-state index < -0.39 is 15.6 Å². The van der Waals surface area contributed by atoms with E-state index in [1.54, 1.807) is 0 Å². The van der Waals surface area contributed by atoms with E-state index in [4.69, 9.17) is 16.3 Å². The summed E-state index contributed by atoms with van der Waals surface area (Å²) in [6.07, 6.45) is 2.87. The lowest BCUT2D eigenvalue weighted by Gasteiger charge is -2.35. The number of nitrogens with one attached hydrogen (secondary N) is 1. The Morgan fingerprint density at radius 1 is 1.38 bits per heavy atom. The normalized spacial score (nSPS) is 20.9. The van der Waals surface area contributed by atoms with E-state index >= 15 is 0 Å². The predicted octanol–water partition coefficient (Wildman–Crippen LogP) is 1.49. The summed E-state index contributed by atoms with van der Waals surface area (Å²) in [5, 5.41) is 0. The number of rotatable bonds is 6. The van der Waals surface area contributed by atoms with Gasteiger partial charge in [-0.15, -0.1) is 11.6 Å². The number of ether oxygens (including phenoxy) is 1. The molecule has 0 aromatic rings. The van der Waals surface area contributed by atoms with Gasteiger partial charge in [-0.3, -0.25) is 0 Å². The van der Waals surface area contributed by atoms with Gasteiger partial charge >= 0.3 is 0 Å². The molecule has 0 bridgehead atoms. The Labute approximate surface area is 103 Å². The summed E-state index contributed by atoms with van der Waals surface area (Å²) in [5.74, 6) is 0.491.